The maximum Gasteiger partial charge on any atom is 0.203 e. The molecule has 94 valence electrons. The number of hydrogen-bond acceptors (Lipinski definition) is 5. The van der Waals surface area contributed by atoms with Crippen LogP contribution >= 0.6 is 0 Å². The monoisotopic (exact) mass is 246 g/mol. The fourth-order valence-corrected chi connectivity index (χ4v) is 1.77. The molecule has 0 radical (unpaired) electrons. The molecule has 0 atom stereocenters. The molecular formula is C13H14N2O3. The Labute approximate surface area is 105 Å². The van der Waals surface area contributed by atoms with Gasteiger partial charge in [0.2, 0.25) is 5.75 Å². The highest BCUT2D eigenvalue weighted by atomic mass is 16.5. The standard InChI is InChI=1S/C13H14N2O3/c1-16-11-5-4-10(9-6-14-8-15-7-9)12(17-2)13(11)18-3/h4-8H,1-3H3. The smallest absolute Gasteiger partial charge is 0.203 e. The van der Waals surface area contributed by atoms with E-state index in [1.165, 1.54) is 6.33 Å². The van der Waals surface area contributed by atoms with Crippen LogP contribution in [0.1, 0.15) is 0 Å². The van der Waals surface area contributed by atoms with Crippen LogP contribution in [0.3, 0.4) is 0 Å². The van der Waals surface area contributed by atoms with E-state index in [0.717, 1.165) is 11.1 Å². The highest BCUT2D eigenvalue weighted by Gasteiger charge is 2.16. The molecule has 1 aromatic carbocycles. The second kappa shape index (κ2) is 5.35. The van der Waals surface area contributed by atoms with E-state index < -0.39 is 0 Å². The lowest BCUT2D eigenvalue weighted by Gasteiger charge is -2.15. The molecule has 5 heteroatoms. The minimum atomic E-state index is 0.557. The summed E-state index contributed by atoms with van der Waals surface area (Å²) in [5.41, 5.74) is 1.71. The topological polar surface area (TPSA) is 53.5 Å². The molecule has 0 aliphatic rings. The molecule has 0 N–H and O–H groups in total. The number of ether oxygens (including phenoxy) is 3. The highest BCUT2D eigenvalue weighted by Crippen LogP contribution is 2.43. The summed E-state index contributed by atoms with van der Waals surface area (Å²) in [7, 11) is 4.75. The number of aromatic nitrogens is 2. The van der Waals surface area contributed by atoms with E-state index in [1.807, 2.05) is 12.1 Å². The van der Waals surface area contributed by atoms with Gasteiger partial charge in [-0.05, 0) is 12.1 Å². The summed E-state index contributed by atoms with van der Waals surface area (Å²) in [6.45, 7) is 0. The molecule has 0 fully saturated rings. The van der Waals surface area contributed by atoms with E-state index in [9.17, 15) is 0 Å². The third-order valence-corrected chi connectivity index (χ3v) is 2.58. The minimum Gasteiger partial charge on any atom is -0.493 e. The fourth-order valence-electron chi connectivity index (χ4n) is 1.77. The van der Waals surface area contributed by atoms with Crippen LogP contribution in [0.25, 0.3) is 11.1 Å². The minimum absolute atomic E-state index is 0.557. The average Bonchev–Trinajstić information content (AvgIpc) is 2.46. The van der Waals surface area contributed by atoms with Crippen molar-refractivity contribution in [1.29, 1.82) is 0 Å². The summed E-state index contributed by atoms with van der Waals surface area (Å²) < 4.78 is 16.0. The first-order valence-electron chi connectivity index (χ1n) is 5.36. The van der Waals surface area contributed by atoms with Gasteiger partial charge in [-0.2, -0.15) is 0 Å². The van der Waals surface area contributed by atoms with Crippen molar-refractivity contribution in [2.24, 2.45) is 0 Å². The van der Waals surface area contributed by atoms with Gasteiger partial charge in [-0.1, -0.05) is 0 Å². The third-order valence-electron chi connectivity index (χ3n) is 2.58. The summed E-state index contributed by atoms with van der Waals surface area (Å²) in [6.07, 6.45) is 4.92. The summed E-state index contributed by atoms with van der Waals surface area (Å²) in [4.78, 5) is 7.99. The summed E-state index contributed by atoms with van der Waals surface area (Å²) in [5, 5.41) is 0. The van der Waals surface area contributed by atoms with Crippen molar-refractivity contribution in [3.05, 3.63) is 30.9 Å². The van der Waals surface area contributed by atoms with Gasteiger partial charge in [0.25, 0.3) is 0 Å². The molecule has 0 unspecified atom stereocenters. The van der Waals surface area contributed by atoms with Crippen LogP contribution in [0.5, 0.6) is 17.2 Å². The molecule has 5 nitrogen and oxygen atoms in total. The molecule has 0 bridgehead atoms. The molecular weight excluding hydrogens is 232 g/mol. The zero-order valence-corrected chi connectivity index (χ0v) is 10.5. The number of hydrogen-bond donors (Lipinski definition) is 0. The van der Waals surface area contributed by atoms with E-state index in [-0.39, 0.29) is 0 Å². The molecule has 0 spiro atoms. The first-order valence-corrected chi connectivity index (χ1v) is 5.36. The van der Waals surface area contributed by atoms with Crippen molar-refractivity contribution in [1.82, 2.24) is 9.97 Å². The van der Waals surface area contributed by atoms with E-state index in [0.29, 0.717) is 17.2 Å². The fraction of sp³-hybridized carbons (Fsp3) is 0.231. The predicted molar refractivity (Wildman–Crippen MR) is 67.1 cm³/mol. The molecule has 18 heavy (non-hydrogen) atoms. The zero-order chi connectivity index (χ0) is 13.0. The molecule has 0 saturated heterocycles. The van der Waals surface area contributed by atoms with Gasteiger partial charge in [0.1, 0.15) is 6.33 Å². The van der Waals surface area contributed by atoms with Crippen molar-refractivity contribution in [2.75, 3.05) is 21.3 Å². The Hall–Kier alpha value is -2.30. The van der Waals surface area contributed by atoms with Crippen LogP contribution in [0.4, 0.5) is 0 Å². The Morgan fingerprint density at radius 3 is 2.06 bits per heavy atom. The maximum atomic E-state index is 5.40. The van der Waals surface area contributed by atoms with Crippen LogP contribution in [-0.2, 0) is 0 Å². The molecule has 0 aliphatic heterocycles. The quantitative estimate of drug-likeness (QED) is 0.827. The van der Waals surface area contributed by atoms with Gasteiger partial charge in [-0.3, -0.25) is 0 Å². The number of methoxy groups -OCH3 is 3. The largest absolute Gasteiger partial charge is 0.493 e. The summed E-state index contributed by atoms with van der Waals surface area (Å²) in [6, 6.07) is 3.71. The normalized spacial score (nSPS) is 9.94. The summed E-state index contributed by atoms with van der Waals surface area (Å²) >= 11 is 0. The van der Waals surface area contributed by atoms with Gasteiger partial charge < -0.3 is 14.2 Å². The molecule has 0 saturated carbocycles. The van der Waals surface area contributed by atoms with Crippen LogP contribution in [0.2, 0.25) is 0 Å². The summed E-state index contributed by atoms with van der Waals surface area (Å²) in [5.74, 6) is 1.78. The van der Waals surface area contributed by atoms with Crippen molar-refractivity contribution < 1.29 is 14.2 Å². The van der Waals surface area contributed by atoms with Crippen LogP contribution in [0.15, 0.2) is 30.9 Å². The Bertz CT molecular complexity index is 529. The lowest BCUT2D eigenvalue weighted by atomic mass is 10.1. The lowest BCUT2D eigenvalue weighted by molar-refractivity contribution is 0.325. The predicted octanol–water partition coefficient (Wildman–Crippen LogP) is 2.17. The SMILES string of the molecule is COc1ccc(-c2cncnc2)c(OC)c1OC. The first-order chi connectivity index (χ1) is 8.81. The second-order valence-electron chi connectivity index (χ2n) is 3.51. The number of benzene rings is 1. The van der Waals surface area contributed by atoms with Crippen LogP contribution in [0, 0.1) is 0 Å². The molecule has 2 rings (SSSR count). The first kappa shape index (κ1) is 12.2. The Balaban J connectivity index is 2.62. The average molecular weight is 246 g/mol. The van der Waals surface area contributed by atoms with E-state index in [2.05, 4.69) is 9.97 Å². The number of rotatable bonds is 4. The Kier molecular flexibility index (Phi) is 3.62. The number of nitrogens with zero attached hydrogens (tertiary/aromatic N) is 2. The molecule has 0 aliphatic carbocycles. The van der Waals surface area contributed by atoms with E-state index in [1.54, 1.807) is 33.7 Å². The van der Waals surface area contributed by atoms with Crippen LogP contribution in [-0.4, -0.2) is 31.3 Å². The van der Waals surface area contributed by atoms with Crippen molar-refractivity contribution >= 4 is 0 Å². The molecule has 1 aromatic heterocycles. The highest BCUT2D eigenvalue weighted by molar-refractivity contribution is 5.75. The van der Waals surface area contributed by atoms with E-state index in [4.69, 9.17) is 14.2 Å². The van der Waals surface area contributed by atoms with Gasteiger partial charge in [-0.15, -0.1) is 0 Å². The lowest BCUT2D eigenvalue weighted by Crippen LogP contribution is -1.97. The van der Waals surface area contributed by atoms with Gasteiger partial charge in [-0.25, -0.2) is 9.97 Å². The molecule has 0 amide bonds. The zero-order valence-electron chi connectivity index (χ0n) is 10.5. The maximum absolute atomic E-state index is 5.40. The van der Waals surface area contributed by atoms with Gasteiger partial charge in [0.15, 0.2) is 11.5 Å². The van der Waals surface area contributed by atoms with Crippen molar-refractivity contribution in [3.63, 3.8) is 0 Å². The second-order valence-corrected chi connectivity index (χ2v) is 3.51. The third kappa shape index (κ3) is 2.07. The van der Waals surface area contributed by atoms with Gasteiger partial charge >= 0.3 is 0 Å². The van der Waals surface area contributed by atoms with E-state index >= 15 is 0 Å². The van der Waals surface area contributed by atoms with Crippen LogP contribution < -0.4 is 14.2 Å². The molecule has 2 aromatic rings. The van der Waals surface area contributed by atoms with Crippen molar-refractivity contribution in [3.8, 4) is 28.4 Å². The molecule has 1 heterocycles. The van der Waals surface area contributed by atoms with Gasteiger partial charge in [0.05, 0.1) is 21.3 Å². The Morgan fingerprint density at radius 2 is 1.50 bits per heavy atom. The Morgan fingerprint density at radius 1 is 0.833 bits per heavy atom. The van der Waals surface area contributed by atoms with Crippen molar-refractivity contribution in [2.45, 2.75) is 0 Å². The van der Waals surface area contributed by atoms with Gasteiger partial charge in [0, 0.05) is 23.5 Å².